The maximum atomic E-state index is 11.9. The Hall–Kier alpha value is -1.31. The first-order valence-electron chi connectivity index (χ1n) is 12.6. The molecule has 0 aliphatic rings. The number of hydrogen-bond donors (Lipinski definition) is 1. The summed E-state index contributed by atoms with van der Waals surface area (Å²) >= 11 is 0. The van der Waals surface area contributed by atoms with Crippen molar-refractivity contribution in [2.45, 2.75) is 122 Å². The molecule has 2 nitrogen and oxygen atoms in total. The lowest BCUT2D eigenvalue weighted by atomic mass is 10.0. The van der Waals surface area contributed by atoms with Gasteiger partial charge in [-0.25, -0.2) is 0 Å². The van der Waals surface area contributed by atoms with Gasteiger partial charge < -0.3 is 5.32 Å². The molecule has 166 valence electrons. The predicted molar refractivity (Wildman–Crippen MR) is 127 cm³/mol. The molecule has 0 spiro atoms. The first kappa shape index (κ1) is 25.7. The minimum atomic E-state index is 0.146. The van der Waals surface area contributed by atoms with E-state index in [4.69, 9.17) is 0 Å². The molecule has 0 unspecified atom stereocenters. The van der Waals surface area contributed by atoms with Crippen molar-refractivity contribution in [1.29, 1.82) is 0 Å². The molecule has 29 heavy (non-hydrogen) atoms. The lowest BCUT2D eigenvalue weighted by Crippen LogP contribution is -2.26. The Morgan fingerprint density at radius 1 is 0.621 bits per heavy atom. The van der Waals surface area contributed by atoms with Crippen LogP contribution in [0.4, 0.5) is 0 Å². The van der Waals surface area contributed by atoms with Crippen LogP contribution in [0.1, 0.15) is 122 Å². The standard InChI is InChI=1S/C27H47NO/c1-2-3-4-5-6-7-8-9-10-11-12-13-14-15-16-17-21-24-28-27(29)25-26-22-19-18-20-23-26/h18-20,22-23H,2-17,21,24-25H2,1H3,(H,28,29). The molecule has 1 rings (SSSR count). The third kappa shape index (κ3) is 17.3. The largest absolute Gasteiger partial charge is 0.356 e. The van der Waals surface area contributed by atoms with Crippen LogP contribution in [-0.4, -0.2) is 12.5 Å². The molecule has 0 fully saturated rings. The summed E-state index contributed by atoms with van der Waals surface area (Å²) in [7, 11) is 0. The molecule has 1 N–H and O–H groups in total. The van der Waals surface area contributed by atoms with E-state index in [9.17, 15) is 4.79 Å². The Bertz CT molecular complexity index is 471. The number of hydrogen-bond acceptors (Lipinski definition) is 1. The van der Waals surface area contributed by atoms with Crippen molar-refractivity contribution in [3.8, 4) is 0 Å². The highest BCUT2D eigenvalue weighted by atomic mass is 16.1. The van der Waals surface area contributed by atoms with Gasteiger partial charge in [0, 0.05) is 6.54 Å². The van der Waals surface area contributed by atoms with Crippen molar-refractivity contribution < 1.29 is 4.79 Å². The topological polar surface area (TPSA) is 29.1 Å². The molecule has 0 atom stereocenters. The van der Waals surface area contributed by atoms with Crippen molar-refractivity contribution in [3.05, 3.63) is 35.9 Å². The predicted octanol–water partition coefficient (Wildman–Crippen LogP) is 8.00. The Morgan fingerprint density at radius 3 is 1.48 bits per heavy atom. The summed E-state index contributed by atoms with van der Waals surface area (Å²) in [6, 6.07) is 9.97. The first-order chi connectivity index (χ1) is 14.3. The van der Waals surface area contributed by atoms with Gasteiger partial charge in [0.1, 0.15) is 0 Å². The minimum Gasteiger partial charge on any atom is -0.356 e. The van der Waals surface area contributed by atoms with E-state index in [1.54, 1.807) is 0 Å². The van der Waals surface area contributed by atoms with E-state index >= 15 is 0 Å². The van der Waals surface area contributed by atoms with E-state index in [-0.39, 0.29) is 5.91 Å². The SMILES string of the molecule is CCCCCCCCCCCCCCCCCCCNC(=O)Cc1ccccc1. The van der Waals surface area contributed by atoms with Crippen molar-refractivity contribution >= 4 is 5.91 Å². The fourth-order valence-electron chi connectivity index (χ4n) is 3.92. The van der Waals surface area contributed by atoms with Gasteiger partial charge in [-0.1, -0.05) is 140 Å². The smallest absolute Gasteiger partial charge is 0.224 e. The second kappa shape index (κ2) is 20.0. The van der Waals surface area contributed by atoms with Gasteiger partial charge in [0.15, 0.2) is 0 Å². The number of carbonyl (C=O) groups is 1. The zero-order chi connectivity index (χ0) is 20.8. The molecule has 0 bridgehead atoms. The van der Waals surface area contributed by atoms with Gasteiger partial charge in [-0.15, -0.1) is 0 Å². The number of benzene rings is 1. The van der Waals surface area contributed by atoms with E-state index in [1.165, 1.54) is 103 Å². The average molecular weight is 402 g/mol. The number of nitrogens with one attached hydrogen (secondary N) is 1. The number of unbranched alkanes of at least 4 members (excludes halogenated alkanes) is 16. The van der Waals surface area contributed by atoms with Crippen LogP contribution in [0.15, 0.2) is 30.3 Å². The quantitative estimate of drug-likeness (QED) is 0.220. The van der Waals surface area contributed by atoms with Gasteiger partial charge in [-0.2, -0.15) is 0 Å². The zero-order valence-electron chi connectivity index (χ0n) is 19.2. The molecule has 0 aliphatic carbocycles. The summed E-state index contributed by atoms with van der Waals surface area (Å²) in [4.78, 5) is 11.9. The highest BCUT2D eigenvalue weighted by Gasteiger charge is 2.01. The molecule has 1 aromatic rings. The second-order valence-electron chi connectivity index (χ2n) is 8.67. The molecule has 2 heteroatoms. The first-order valence-corrected chi connectivity index (χ1v) is 12.6. The van der Waals surface area contributed by atoms with E-state index in [2.05, 4.69) is 12.2 Å². The van der Waals surface area contributed by atoms with Gasteiger partial charge in [-0.3, -0.25) is 4.79 Å². The van der Waals surface area contributed by atoms with Crippen LogP contribution >= 0.6 is 0 Å². The maximum absolute atomic E-state index is 11.9. The second-order valence-corrected chi connectivity index (χ2v) is 8.67. The fraction of sp³-hybridized carbons (Fsp3) is 0.741. The summed E-state index contributed by atoms with van der Waals surface area (Å²) in [6.45, 7) is 3.11. The van der Waals surface area contributed by atoms with Gasteiger partial charge in [-0.05, 0) is 12.0 Å². The van der Waals surface area contributed by atoms with E-state index < -0.39 is 0 Å². The van der Waals surface area contributed by atoms with Gasteiger partial charge in [0.25, 0.3) is 0 Å². The molecule has 0 saturated heterocycles. The van der Waals surface area contributed by atoms with E-state index in [1.807, 2.05) is 30.3 Å². The van der Waals surface area contributed by atoms with Crippen molar-refractivity contribution in [2.24, 2.45) is 0 Å². The van der Waals surface area contributed by atoms with Gasteiger partial charge in [0.05, 0.1) is 6.42 Å². The number of amides is 1. The van der Waals surface area contributed by atoms with Crippen LogP contribution in [0, 0.1) is 0 Å². The Kier molecular flexibility index (Phi) is 17.7. The summed E-state index contributed by atoms with van der Waals surface area (Å²) in [5.74, 6) is 0.146. The van der Waals surface area contributed by atoms with Crippen LogP contribution in [0.3, 0.4) is 0 Å². The van der Waals surface area contributed by atoms with Crippen LogP contribution in [0.25, 0.3) is 0 Å². The summed E-state index contributed by atoms with van der Waals surface area (Å²) in [5, 5.41) is 3.04. The molecule has 1 aromatic carbocycles. The van der Waals surface area contributed by atoms with Crippen molar-refractivity contribution in [3.63, 3.8) is 0 Å². The van der Waals surface area contributed by atoms with Crippen molar-refractivity contribution in [1.82, 2.24) is 5.32 Å². The van der Waals surface area contributed by atoms with Crippen LogP contribution < -0.4 is 5.32 Å². The fourth-order valence-corrected chi connectivity index (χ4v) is 3.92. The van der Waals surface area contributed by atoms with Crippen molar-refractivity contribution in [2.75, 3.05) is 6.54 Å². The molecule has 0 radical (unpaired) electrons. The maximum Gasteiger partial charge on any atom is 0.224 e. The third-order valence-electron chi connectivity index (χ3n) is 5.81. The third-order valence-corrected chi connectivity index (χ3v) is 5.81. The lowest BCUT2D eigenvalue weighted by molar-refractivity contribution is -0.120. The Balaban J connectivity index is 1.73. The summed E-state index contributed by atoms with van der Waals surface area (Å²) in [5.41, 5.74) is 1.09. The van der Waals surface area contributed by atoms with Gasteiger partial charge >= 0.3 is 0 Å². The average Bonchev–Trinajstić information content (AvgIpc) is 2.73. The molecule has 0 aliphatic heterocycles. The highest BCUT2D eigenvalue weighted by Crippen LogP contribution is 2.14. The molecular formula is C27H47NO. The van der Waals surface area contributed by atoms with Crippen LogP contribution in [0.2, 0.25) is 0 Å². The summed E-state index contributed by atoms with van der Waals surface area (Å²) < 4.78 is 0. The number of carbonyl (C=O) groups excluding carboxylic acids is 1. The zero-order valence-corrected chi connectivity index (χ0v) is 19.2. The molecular weight excluding hydrogens is 354 g/mol. The molecule has 1 amide bonds. The van der Waals surface area contributed by atoms with Crippen LogP contribution in [0.5, 0.6) is 0 Å². The summed E-state index contributed by atoms with van der Waals surface area (Å²) in [6.07, 6.45) is 24.1. The number of rotatable bonds is 20. The Labute approximate surface area is 181 Å². The lowest BCUT2D eigenvalue weighted by Gasteiger charge is -2.06. The van der Waals surface area contributed by atoms with E-state index in [0.717, 1.165) is 18.5 Å². The monoisotopic (exact) mass is 401 g/mol. The minimum absolute atomic E-state index is 0.146. The van der Waals surface area contributed by atoms with Gasteiger partial charge in [0.2, 0.25) is 5.91 Å². The highest BCUT2D eigenvalue weighted by molar-refractivity contribution is 5.78. The molecule has 0 heterocycles. The van der Waals surface area contributed by atoms with E-state index in [0.29, 0.717) is 6.42 Å². The van der Waals surface area contributed by atoms with Crippen LogP contribution in [-0.2, 0) is 11.2 Å². The molecule has 0 aromatic heterocycles. The Morgan fingerprint density at radius 2 is 1.03 bits per heavy atom. The molecule has 0 saturated carbocycles. The normalized spacial score (nSPS) is 10.9.